The van der Waals surface area contributed by atoms with Crippen molar-refractivity contribution in [2.24, 2.45) is 0 Å². The smallest absolute Gasteiger partial charge is 0.790 e. The van der Waals surface area contributed by atoms with Gasteiger partial charge in [-0.15, -0.1) is 0 Å². The first-order chi connectivity index (χ1) is 4.00. The van der Waals surface area contributed by atoms with Gasteiger partial charge in [0.2, 0.25) is 0 Å². The van der Waals surface area contributed by atoms with Crippen LogP contribution in [0, 0.1) is 0 Å². The molecule has 0 heterocycles. The molecule has 0 atom stereocenters. The maximum Gasteiger partial charge on any atom is 2.00 e. The topological polar surface area (TPSA) is 190 Å². The fraction of sp³-hybridized carbons (Fsp3) is 0. The van der Waals surface area contributed by atoms with Crippen LogP contribution in [0.15, 0.2) is 0 Å². The van der Waals surface area contributed by atoms with E-state index in [1.807, 2.05) is 0 Å². The summed E-state index contributed by atoms with van der Waals surface area (Å²) in [5.74, 6) is 0. The van der Waals surface area contributed by atoms with Gasteiger partial charge in [-0.3, -0.25) is 9.11 Å². The summed E-state index contributed by atoms with van der Waals surface area (Å²) in [5, 5.41) is 0. The van der Waals surface area contributed by atoms with Crippen LogP contribution < -0.4 is 9.79 Å². The van der Waals surface area contributed by atoms with E-state index in [1.54, 1.807) is 0 Å². The molecule has 0 aromatic heterocycles. The van der Waals surface area contributed by atoms with E-state index < -0.39 is 18.2 Å². The van der Waals surface area contributed by atoms with Gasteiger partial charge in [-0.1, -0.05) is 0 Å². The predicted molar refractivity (Wildman–Crippen MR) is 33.4 cm³/mol. The van der Waals surface area contributed by atoms with E-state index in [2.05, 4.69) is 0 Å². The zero-order valence-electron chi connectivity index (χ0n) is 5.45. The first kappa shape index (κ1) is 23.0. The van der Waals surface area contributed by atoms with Crippen molar-refractivity contribution in [3.05, 3.63) is 0 Å². The zero-order valence-corrected chi connectivity index (χ0v) is 8.57. The summed E-state index contributed by atoms with van der Waals surface area (Å²) >= 11 is 0. The quantitative estimate of drug-likeness (QED) is 0.215. The molecule has 0 spiro atoms. The molecule has 5 N–H and O–H groups in total. The average molecular weight is 236 g/mol. The minimum atomic E-state index is -5.14. The molecule has 0 aromatic carbocycles. The van der Waals surface area contributed by atoms with E-state index in [1.165, 1.54) is 0 Å². The maximum absolute atomic E-state index is 8.74. The summed E-state index contributed by atoms with van der Waals surface area (Å²) in [5.41, 5.74) is 0. The second-order valence-electron chi connectivity index (χ2n) is 0.916. The van der Waals surface area contributed by atoms with Crippen molar-refractivity contribution in [2.45, 2.75) is 0 Å². The molecular formula is H5MgO9PS. The molecule has 0 bridgehead atoms. The predicted octanol–water partition coefficient (Wildman–Crippen LogP) is -4.05. The number of phosphoric acid groups is 1. The van der Waals surface area contributed by atoms with Gasteiger partial charge < -0.3 is 24.7 Å². The molecule has 0 unspecified atom stereocenters. The van der Waals surface area contributed by atoms with Crippen molar-refractivity contribution in [3.63, 3.8) is 0 Å². The Bertz CT molecular complexity index is 192. The molecule has 72 valence electrons. The van der Waals surface area contributed by atoms with Crippen LogP contribution in [0.25, 0.3) is 0 Å². The van der Waals surface area contributed by atoms with Crippen molar-refractivity contribution in [3.8, 4) is 0 Å². The second-order valence-corrected chi connectivity index (χ2v) is 2.75. The number of hydrogen-bond donors (Lipinski definition) is 3. The van der Waals surface area contributed by atoms with E-state index in [-0.39, 0.29) is 28.5 Å². The van der Waals surface area contributed by atoms with Crippen molar-refractivity contribution in [1.29, 1.82) is 0 Å². The van der Waals surface area contributed by atoms with E-state index >= 15 is 0 Å². The molecule has 12 heteroatoms. The van der Waals surface area contributed by atoms with E-state index in [9.17, 15) is 0 Å². The summed E-state index contributed by atoms with van der Waals surface area (Å²) in [4.78, 5) is 24.3. The minimum Gasteiger partial charge on any atom is -0.790 e. The second kappa shape index (κ2) is 8.31. The largest absolute Gasteiger partial charge is 2.00 e. The van der Waals surface area contributed by atoms with Crippen LogP contribution in [0.4, 0.5) is 0 Å². The molecule has 0 aliphatic rings. The first-order valence-electron chi connectivity index (χ1n) is 1.45. The van der Waals surface area contributed by atoms with Gasteiger partial charge in [0, 0.05) is 0 Å². The number of rotatable bonds is 0. The number of hydrogen-bond acceptors (Lipinski definition) is 5. The van der Waals surface area contributed by atoms with Gasteiger partial charge in [0.1, 0.15) is 0 Å². The van der Waals surface area contributed by atoms with Crippen LogP contribution in [0.1, 0.15) is 0 Å². The van der Waals surface area contributed by atoms with Crippen molar-refractivity contribution in [2.75, 3.05) is 0 Å². The van der Waals surface area contributed by atoms with E-state index in [0.717, 1.165) is 0 Å². The maximum atomic E-state index is 8.74. The molecule has 0 aromatic rings. The summed E-state index contributed by atoms with van der Waals surface area (Å²) in [6.45, 7) is 0. The van der Waals surface area contributed by atoms with Gasteiger partial charge in [-0.25, -0.2) is 0 Å². The summed E-state index contributed by atoms with van der Waals surface area (Å²) in [6.07, 6.45) is 0. The minimum absolute atomic E-state index is 0. The summed E-state index contributed by atoms with van der Waals surface area (Å²) in [6, 6.07) is 0. The van der Waals surface area contributed by atoms with Crippen LogP contribution >= 0.6 is 7.82 Å². The Labute approximate surface area is 83.7 Å². The molecule has 0 radical (unpaired) electrons. The third-order valence-corrected chi connectivity index (χ3v) is 0. The van der Waals surface area contributed by atoms with Crippen molar-refractivity contribution < 1.29 is 42.2 Å². The Morgan fingerprint density at radius 2 is 1.17 bits per heavy atom. The fourth-order valence-electron chi connectivity index (χ4n) is 0. The Morgan fingerprint density at radius 3 is 1.17 bits per heavy atom. The Morgan fingerprint density at radius 1 is 1.17 bits per heavy atom. The molecule has 0 aliphatic carbocycles. The molecule has 0 amide bonds. The first-order valence-corrected chi connectivity index (χ1v) is 4.34. The molecule has 0 fully saturated rings. The Balaban J connectivity index is -0.0000000457. The Kier molecular flexibility index (Phi) is 15.9. The van der Waals surface area contributed by atoms with Crippen LogP contribution in [0.3, 0.4) is 0 Å². The molecule has 0 aliphatic heterocycles. The summed E-state index contributed by atoms with van der Waals surface area (Å²) in [7, 11) is -9.81. The monoisotopic (exact) mass is 236 g/mol. The molecule has 12 heavy (non-hydrogen) atoms. The van der Waals surface area contributed by atoms with Crippen LogP contribution in [0.2, 0.25) is 0 Å². The van der Waals surface area contributed by atoms with Gasteiger partial charge in [0.05, 0.1) is 7.82 Å². The Hall–Kier alpha value is 0.706. The average Bonchev–Trinajstić information content (AvgIpc) is 1.12. The van der Waals surface area contributed by atoms with E-state index in [0.29, 0.717) is 0 Å². The molecule has 0 saturated heterocycles. The van der Waals surface area contributed by atoms with E-state index in [4.69, 9.17) is 36.8 Å². The molecule has 0 saturated carbocycles. The fourth-order valence-corrected chi connectivity index (χ4v) is 0. The normalized spacial score (nSPS) is 9.75. The van der Waals surface area contributed by atoms with Crippen molar-refractivity contribution >= 4 is 41.3 Å². The van der Waals surface area contributed by atoms with Crippen LogP contribution in [-0.4, -0.2) is 50.9 Å². The van der Waals surface area contributed by atoms with Gasteiger partial charge in [-0.05, 0) is 0 Å². The third-order valence-electron chi connectivity index (χ3n) is 0. The standard InChI is InChI=1S/Mg.H3O4P.H2O4S.H2O/c;2*1-5(2,3)4;/h;(H3,1,2,3,4);(H2,1,2,3,4);1H2/q+2;;;/p-2. The van der Waals surface area contributed by atoms with Gasteiger partial charge >= 0.3 is 33.5 Å². The summed E-state index contributed by atoms with van der Waals surface area (Å²) < 4.78 is 40.2. The molecule has 0 rings (SSSR count). The van der Waals surface area contributed by atoms with Gasteiger partial charge in [0.15, 0.2) is 0 Å². The van der Waals surface area contributed by atoms with Crippen molar-refractivity contribution in [1.82, 2.24) is 0 Å². The SMILES string of the molecule is O.O=P([O-])([O-])O.O=S(=O)(O)O.[Mg+2]. The zero-order chi connectivity index (χ0) is 9.00. The molecule has 9 nitrogen and oxygen atoms in total. The van der Waals surface area contributed by atoms with Gasteiger partial charge in [0.25, 0.3) is 0 Å². The third kappa shape index (κ3) is 2020. The molecular weight excluding hydrogens is 231 g/mol. The van der Waals surface area contributed by atoms with Gasteiger partial charge in [-0.2, -0.15) is 8.42 Å². The van der Waals surface area contributed by atoms with Crippen LogP contribution in [0.5, 0.6) is 0 Å². The van der Waals surface area contributed by atoms with Crippen LogP contribution in [-0.2, 0) is 15.0 Å².